The molecule has 1 aromatic rings. The summed E-state index contributed by atoms with van der Waals surface area (Å²) < 4.78 is 0. The van der Waals surface area contributed by atoms with Gasteiger partial charge in [0.25, 0.3) is 0 Å². The number of carbonyl (C=O) groups excluding carboxylic acids is 2. The third-order valence-corrected chi connectivity index (χ3v) is 3.21. The minimum absolute atomic E-state index is 0.0740. The molecule has 0 bridgehead atoms. The van der Waals surface area contributed by atoms with Gasteiger partial charge in [0.15, 0.2) is 0 Å². The molecule has 110 valence electrons. The lowest BCUT2D eigenvalue weighted by Crippen LogP contribution is -2.27. The predicted octanol–water partition coefficient (Wildman–Crippen LogP) is 3.48. The molecule has 1 aromatic carbocycles. The topological polar surface area (TPSA) is 58.2 Å². The first kappa shape index (κ1) is 16.5. The normalized spacial score (nSPS) is 12.7. The summed E-state index contributed by atoms with van der Waals surface area (Å²) in [5, 5.41) is 5.59. The van der Waals surface area contributed by atoms with Crippen LogP contribution >= 0.6 is 11.6 Å². The summed E-state index contributed by atoms with van der Waals surface area (Å²) in [5.74, 6) is -0.203. The van der Waals surface area contributed by atoms with Gasteiger partial charge in [-0.15, -0.1) is 11.6 Å². The van der Waals surface area contributed by atoms with Crippen LogP contribution in [0.3, 0.4) is 0 Å². The quantitative estimate of drug-likeness (QED) is 0.836. The number of rotatable bonds is 4. The van der Waals surface area contributed by atoms with E-state index in [0.29, 0.717) is 11.4 Å². The summed E-state index contributed by atoms with van der Waals surface area (Å²) in [5.41, 5.74) is 0.826. The summed E-state index contributed by atoms with van der Waals surface area (Å²) in [6, 6.07) is 7.05. The first-order valence-electron chi connectivity index (χ1n) is 6.52. The molecule has 0 aromatic heterocycles. The molecular weight excluding hydrogens is 276 g/mol. The molecule has 1 atom stereocenters. The molecule has 20 heavy (non-hydrogen) atoms. The number of hydrogen-bond donors (Lipinski definition) is 2. The van der Waals surface area contributed by atoms with Gasteiger partial charge in [0, 0.05) is 28.6 Å². The zero-order valence-corrected chi connectivity index (χ0v) is 13.0. The van der Waals surface area contributed by atoms with E-state index in [0.717, 1.165) is 0 Å². The summed E-state index contributed by atoms with van der Waals surface area (Å²) in [4.78, 5) is 23.7. The van der Waals surface area contributed by atoms with E-state index < -0.39 is 5.41 Å². The summed E-state index contributed by atoms with van der Waals surface area (Å²) >= 11 is 5.65. The van der Waals surface area contributed by atoms with Crippen molar-refractivity contribution in [2.24, 2.45) is 11.3 Å². The van der Waals surface area contributed by atoms with Gasteiger partial charge in [-0.3, -0.25) is 9.59 Å². The molecule has 0 heterocycles. The SMILES string of the molecule is CC(CCl)C(=O)Nc1cccc(NC(=O)C(C)(C)C)c1. The Bertz CT molecular complexity index is 495. The molecular formula is C15H21ClN2O2. The molecule has 0 saturated heterocycles. The molecule has 1 rings (SSSR count). The van der Waals surface area contributed by atoms with Gasteiger partial charge in [-0.05, 0) is 18.2 Å². The number of nitrogens with one attached hydrogen (secondary N) is 2. The highest BCUT2D eigenvalue weighted by Gasteiger charge is 2.21. The van der Waals surface area contributed by atoms with Gasteiger partial charge in [-0.1, -0.05) is 33.8 Å². The van der Waals surface area contributed by atoms with E-state index in [9.17, 15) is 9.59 Å². The monoisotopic (exact) mass is 296 g/mol. The number of halogens is 1. The largest absolute Gasteiger partial charge is 0.326 e. The Hall–Kier alpha value is -1.55. The maximum atomic E-state index is 11.9. The zero-order valence-electron chi connectivity index (χ0n) is 12.3. The lowest BCUT2D eigenvalue weighted by atomic mass is 9.95. The van der Waals surface area contributed by atoms with E-state index in [1.165, 1.54) is 0 Å². The minimum Gasteiger partial charge on any atom is -0.326 e. The van der Waals surface area contributed by atoms with E-state index in [-0.39, 0.29) is 23.6 Å². The average Bonchev–Trinajstić information content (AvgIpc) is 2.37. The molecule has 4 nitrogen and oxygen atoms in total. The van der Waals surface area contributed by atoms with E-state index in [1.807, 2.05) is 20.8 Å². The standard InChI is InChI=1S/C15H21ClN2O2/c1-10(9-16)13(19)17-11-6-5-7-12(8-11)18-14(20)15(2,3)4/h5-8,10H,9H2,1-4H3,(H,17,19)(H,18,20). The van der Waals surface area contributed by atoms with E-state index in [1.54, 1.807) is 31.2 Å². The molecule has 5 heteroatoms. The lowest BCUT2D eigenvalue weighted by Gasteiger charge is -2.18. The highest BCUT2D eigenvalue weighted by atomic mass is 35.5. The van der Waals surface area contributed by atoms with Crippen LogP contribution in [0.15, 0.2) is 24.3 Å². The number of alkyl halides is 1. The Labute approximate surface area is 124 Å². The molecule has 1 unspecified atom stereocenters. The van der Waals surface area contributed by atoms with Gasteiger partial charge in [0.2, 0.25) is 11.8 Å². The van der Waals surface area contributed by atoms with Crippen LogP contribution in [0, 0.1) is 11.3 Å². The van der Waals surface area contributed by atoms with Crippen LogP contribution in [0.5, 0.6) is 0 Å². The fourth-order valence-corrected chi connectivity index (χ4v) is 1.47. The van der Waals surface area contributed by atoms with Crippen LogP contribution in [0.4, 0.5) is 11.4 Å². The molecule has 0 aliphatic carbocycles. The maximum Gasteiger partial charge on any atom is 0.229 e. The Morgan fingerprint density at radius 3 is 2.25 bits per heavy atom. The van der Waals surface area contributed by atoms with E-state index in [4.69, 9.17) is 11.6 Å². The van der Waals surface area contributed by atoms with Crippen molar-refractivity contribution in [2.75, 3.05) is 16.5 Å². The Morgan fingerprint density at radius 2 is 1.75 bits per heavy atom. The smallest absolute Gasteiger partial charge is 0.229 e. The number of amides is 2. The summed E-state index contributed by atoms with van der Waals surface area (Å²) in [6.45, 7) is 7.29. The van der Waals surface area contributed by atoms with E-state index >= 15 is 0 Å². The summed E-state index contributed by atoms with van der Waals surface area (Å²) in [6.07, 6.45) is 0. The fourth-order valence-electron chi connectivity index (χ4n) is 1.33. The molecule has 0 spiro atoms. The van der Waals surface area contributed by atoms with Crippen molar-refractivity contribution in [2.45, 2.75) is 27.7 Å². The Balaban J connectivity index is 2.76. The van der Waals surface area contributed by atoms with Crippen molar-refractivity contribution in [1.82, 2.24) is 0 Å². The number of anilines is 2. The van der Waals surface area contributed by atoms with Gasteiger partial charge >= 0.3 is 0 Å². The molecule has 2 N–H and O–H groups in total. The predicted molar refractivity (Wildman–Crippen MR) is 83.0 cm³/mol. The number of carbonyl (C=O) groups is 2. The second kappa shape index (κ2) is 6.75. The first-order valence-corrected chi connectivity index (χ1v) is 7.06. The minimum atomic E-state index is -0.466. The van der Waals surface area contributed by atoms with E-state index in [2.05, 4.69) is 10.6 Å². The molecule has 0 aliphatic rings. The third-order valence-electron chi connectivity index (χ3n) is 2.75. The second-order valence-corrected chi connectivity index (χ2v) is 6.14. The van der Waals surface area contributed by atoms with Crippen LogP contribution in [0.1, 0.15) is 27.7 Å². The van der Waals surface area contributed by atoms with Crippen LogP contribution < -0.4 is 10.6 Å². The molecule has 2 amide bonds. The highest BCUT2D eigenvalue weighted by molar-refractivity contribution is 6.19. The molecule has 0 radical (unpaired) electrons. The third kappa shape index (κ3) is 4.85. The summed E-state index contributed by atoms with van der Waals surface area (Å²) in [7, 11) is 0. The number of hydrogen-bond acceptors (Lipinski definition) is 2. The molecule has 0 aliphatic heterocycles. The lowest BCUT2D eigenvalue weighted by molar-refractivity contribution is -0.123. The van der Waals surface area contributed by atoms with Gasteiger partial charge in [0.05, 0.1) is 0 Å². The van der Waals surface area contributed by atoms with Gasteiger partial charge < -0.3 is 10.6 Å². The highest BCUT2D eigenvalue weighted by Crippen LogP contribution is 2.20. The van der Waals surface area contributed by atoms with Gasteiger partial charge in [-0.2, -0.15) is 0 Å². The van der Waals surface area contributed by atoms with Crippen molar-refractivity contribution in [3.05, 3.63) is 24.3 Å². The van der Waals surface area contributed by atoms with Crippen LogP contribution in [-0.4, -0.2) is 17.7 Å². The maximum absolute atomic E-state index is 11.9. The second-order valence-electron chi connectivity index (χ2n) is 5.83. The van der Waals surface area contributed by atoms with Crippen molar-refractivity contribution in [3.8, 4) is 0 Å². The first-order chi connectivity index (χ1) is 9.24. The zero-order chi connectivity index (χ0) is 15.3. The van der Waals surface area contributed by atoms with Crippen molar-refractivity contribution in [1.29, 1.82) is 0 Å². The Morgan fingerprint density at radius 1 is 1.20 bits per heavy atom. The van der Waals surface area contributed by atoms with Gasteiger partial charge in [-0.25, -0.2) is 0 Å². The van der Waals surface area contributed by atoms with Crippen molar-refractivity contribution >= 4 is 34.8 Å². The van der Waals surface area contributed by atoms with Crippen LogP contribution in [0.25, 0.3) is 0 Å². The molecule has 0 fully saturated rings. The average molecular weight is 297 g/mol. The Kier molecular flexibility index (Phi) is 5.57. The van der Waals surface area contributed by atoms with Gasteiger partial charge in [0.1, 0.15) is 0 Å². The fraction of sp³-hybridized carbons (Fsp3) is 0.467. The van der Waals surface area contributed by atoms with Crippen molar-refractivity contribution < 1.29 is 9.59 Å². The van der Waals surface area contributed by atoms with Crippen LogP contribution in [-0.2, 0) is 9.59 Å². The molecule has 0 saturated carbocycles. The number of benzene rings is 1. The van der Waals surface area contributed by atoms with Crippen molar-refractivity contribution in [3.63, 3.8) is 0 Å². The van der Waals surface area contributed by atoms with Crippen LogP contribution in [0.2, 0.25) is 0 Å².